The van der Waals surface area contributed by atoms with E-state index in [0.717, 1.165) is 87.6 Å². The summed E-state index contributed by atoms with van der Waals surface area (Å²) < 4.78 is 43.8. The van der Waals surface area contributed by atoms with Crippen molar-refractivity contribution in [3.8, 4) is 0 Å². The van der Waals surface area contributed by atoms with Crippen molar-refractivity contribution in [2.24, 2.45) is 116 Å². The van der Waals surface area contributed by atoms with Gasteiger partial charge in [0.2, 0.25) is 0 Å². The van der Waals surface area contributed by atoms with Gasteiger partial charge in [0.25, 0.3) is 0 Å². The van der Waals surface area contributed by atoms with Gasteiger partial charge >= 0.3 is 53.7 Å². The smallest absolute Gasteiger partial charge is 0.311 e. The van der Waals surface area contributed by atoms with Crippen LogP contribution in [0.5, 0.6) is 0 Å². The van der Waals surface area contributed by atoms with Gasteiger partial charge in [-0.05, 0) is 118 Å². The summed E-state index contributed by atoms with van der Waals surface area (Å²) in [6.07, 6.45) is 14.6. The average Bonchev–Trinajstić information content (AvgIpc) is 1.65. The van der Waals surface area contributed by atoms with Crippen LogP contribution in [-0.2, 0) is 85.8 Å². The Balaban J connectivity index is 0.000000180. The van der Waals surface area contributed by atoms with E-state index in [2.05, 4.69) is 78.7 Å². The highest BCUT2D eigenvalue weighted by atomic mass is 16.6. The van der Waals surface area contributed by atoms with Crippen molar-refractivity contribution in [2.45, 2.75) is 207 Å². The molecule has 19 atom stereocenters. The maximum Gasteiger partial charge on any atom is 0.311 e. The molecule has 9 heterocycles. The van der Waals surface area contributed by atoms with Crippen molar-refractivity contribution >= 4 is 53.7 Å². The summed E-state index contributed by atoms with van der Waals surface area (Å²) in [5.74, 6) is 8.39. The van der Waals surface area contributed by atoms with Crippen molar-refractivity contribution in [3.63, 3.8) is 0 Å². The molecule has 13 aliphatic rings. The fourth-order valence-corrected chi connectivity index (χ4v) is 15.3. The van der Waals surface area contributed by atoms with Gasteiger partial charge in [-0.3, -0.25) is 43.2 Å². The van der Waals surface area contributed by atoms with Crippen molar-refractivity contribution in [1.29, 1.82) is 0 Å². The standard InChI is InChI=1S/C12H18O2.C10H14O2.2C8H14O2.3C7H12O2.2C5H8O2/c1-3-7-6(2)8-4-9(7)10-5-14-12(13)11(8)10;1-5-2-6-3-7(5)8-4-12-10(11)9(6)8;1-4-6-7(9)10-5-8(6,2)3;1-3-8(2)4-5-10-7(9)6-8;1-3-7(2)4-6(8)9-5-7;1-3-7(2)4-5-9-6(7)8;1-3-6-5(2)4-9-7(6)8;1-4-2-5(6)7-3-4;1-4-2-3-7-5(4)6/h6-11H,3-5H2,1-2H3;5-9H,2-4H2,1H3;6H,4-5H2,1-3H3;3-6H2,1-2H3;2*3-5H2,1-2H3;5-6H,3-4H2,1-2H3;2*4H,2-3H2,1H3. The second-order valence-corrected chi connectivity index (χ2v) is 29.1. The molecule has 0 aromatic heterocycles. The molecule has 0 amide bonds. The van der Waals surface area contributed by atoms with E-state index in [1.165, 1.54) is 25.7 Å². The minimum Gasteiger partial charge on any atom is -0.466 e. The van der Waals surface area contributed by atoms with Gasteiger partial charge < -0.3 is 42.6 Å². The molecule has 18 heteroatoms. The zero-order chi connectivity index (χ0) is 64.8. The summed E-state index contributed by atoms with van der Waals surface area (Å²) in [4.78, 5) is 97.6. The second kappa shape index (κ2) is 32.3. The molecule has 0 N–H and O–H groups in total. The van der Waals surface area contributed by atoms with E-state index in [1.807, 2.05) is 41.5 Å². The molecule has 9 saturated heterocycles. The topological polar surface area (TPSA) is 237 Å². The van der Waals surface area contributed by atoms with Crippen LogP contribution in [0.3, 0.4) is 0 Å². The van der Waals surface area contributed by atoms with E-state index in [0.29, 0.717) is 114 Å². The highest BCUT2D eigenvalue weighted by Crippen LogP contribution is 2.61. The number of hydrogen-bond donors (Lipinski definition) is 0. The summed E-state index contributed by atoms with van der Waals surface area (Å²) in [6.45, 7) is 39.2. The molecule has 13 fully saturated rings. The molecule has 4 aliphatic carbocycles. The van der Waals surface area contributed by atoms with Crippen LogP contribution < -0.4 is 0 Å². The summed E-state index contributed by atoms with van der Waals surface area (Å²) in [6, 6.07) is 0. The first-order valence-corrected chi connectivity index (χ1v) is 33.4. The number of esters is 9. The van der Waals surface area contributed by atoms with Crippen LogP contribution in [0.2, 0.25) is 0 Å². The van der Waals surface area contributed by atoms with E-state index in [4.69, 9.17) is 33.2 Å². The maximum absolute atomic E-state index is 11.6. The van der Waals surface area contributed by atoms with Crippen molar-refractivity contribution in [1.82, 2.24) is 0 Å². The number of ether oxygens (including phenoxy) is 9. The van der Waals surface area contributed by atoms with Gasteiger partial charge in [0.05, 0.1) is 114 Å². The summed E-state index contributed by atoms with van der Waals surface area (Å²) in [5.41, 5.74) is 0.248. The zero-order valence-electron chi connectivity index (χ0n) is 56.1. The second-order valence-electron chi connectivity index (χ2n) is 29.1. The largest absolute Gasteiger partial charge is 0.466 e. The van der Waals surface area contributed by atoms with Crippen LogP contribution in [0.15, 0.2) is 0 Å². The van der Waals surface area contributed by atoms with Crippen molar-refractivity contribution < 1.29 is 85.8 Å². The zero-order valence-corrected chi connectivity index (χ0v) is 56.1. The maximum atomic E-state index is 11.6. The van der Waals surface area contributed by atoms with Crippen molar-refractivity contribution in [3.05, 3.63) is 0 Å². The van der Waals surface area contributed by atoms with Crippen LogP contribution in [0.1, 0.15) is 207 Å². The van der Waals surface area contributed by atoms with Gasteiger partial charge in [0.1, 0.15) is 0 Å². The average molecular weight is 1230 g/mol. The van der Waals surface area contributed by atoms with Crippen LogP contribution in [-0.4, -0.2) is 113 Å². The molecule has 18 nitrogen and oxygen atoms in total. The SMILES string of the molecule is CC1CC2CC1C1COC(=O)C21.CC1CCOC1=O.CC1COC(=O)C1.CCC1(C)CCOC(=O)C1.CCC1(C)CCOC1=O.CCC1(C)COC(=O)C1.CCC1C(=O)OCC1(C)C.CCC1C(=O)OCC1C.CCC1C(C)C2CC1C1COC(=O)C21. The fourth-order valence-electron chi connectivity index (χ4n) is 15.3. The van der Waals surface area contributed by atoms with Crippen LogP contribution in [0, 0.1) is 116 Å². The van der Waals surface area contributed by atoms with Crippen LogP contribution in [0.4, 0.5) is 0 Å². The van der Waals surface area contributed by atoms with E-state index in [1.54, 1.807) is 0 Å². The minimum atomic E-state index is -0.167. The Morgan fingerprint density at radius 3 is 1.43 bits per heavy atom. The molecule has 13 rings (SSSR count). The number of rotatable bonds is 6. The third kappa shape index (κ3) is 18.9. The van der Waals surface area contributed by atoms with Gasteiger partial charge in [0.15, 0.2) is 0 Å². The normalized spacial score (nSPS) is 39.5. The molecule has 87 heavy (non-hydrogen) atoms. The van der Waals surface area contributed by atoms with E-state index in [9.17, 15) is 43.2 Å². The Kier molecular flexibility index (Phi) is 27.1. The highest BCUT2D eigenvalue weighted by Gasteiger charge is 2.61. The quantitative estimate of drug-likeness (QED) is 0.177. The lowest BCUT2D eigenvalue weighted by Crippen LogP contribution is -2.33. The molecule has 496 valence electrons. The number of carbonyl (C=O) groups excluding carboxylic acids is 9. The molecule has 9 aliphatic heterocycles. The van der Waals surface area contributed by atoms with Gasteiger partial charge in [-0.15, -0.1) is 0 Å². The molecule has 19 unspecified atom stereocenters. The molecule has 0 spiro atoms. The Morgan fingerprint density at radius 1 is 0.448 bits per heavy atom. The Bertz CT molecular complexity index is 2350. The van der Waals surface area contributed by atoms with Crippen molar-refractivity contribution in [2.75, 3.05) is 59.5 Å². The van der Waals surface area contributed by atoms with E-state index < -0.39 is 0 Å². The number of carbonyl (C=O) groups is 9. The molecular formula is C69H112O18. The summed E-state index contributed by atoms with van der Waals surface area (Å²) in [7, 11) is 0. The first-order valence-electron chi connectivity index (χ1n) is 33.4. The first kappa shape index (κ1) is 73.0. The van der Waals surface area contributed by atoms with Gasteiger partial charge in [-0.25, -0.2) is 0 Å². The predicted molar refractivity (Wildman–Crippen MR) is 324 cm³/mol. The number of cyclic esters (lactones) is 9. The fraction of sp³-hybridized carbons (Fsp3) is 0.870. The third-order valence-corrected chi connectivity index (χ3v) is 22.2. The lowest BCUT2D eigenvalue weighted by molar-refractivity contribution is -0.153. The Labute approximate surface area is 520 Å². The Morgan fingerprint density at radius 2 is 1.06 bits per heavy atom. The lowest BCUT2D eigenvalue weighted by atomic mass is 9.69. The number of fused-ring (bicyclic) bond motifs is 10. The lowest BCUT2D eigenvalue weighted by Gasteiger charge is -2.33. The third-order valence-electron chi connectivity index (χ3n) is 22.2. The van der Waals surface area contributed by atoms with Gasteiger partial charge in [0, 0.05) is 34.5 Å². The predicted octanol–water partition coefficient (Wildman–Crippen LogP) is 11.9. The highest BCUT2D eigenvalue weighted by molar-refractivity contribution is 5.79. The summed E-state index contributed by atoms with van der Waals surface area (Å²) >= 11 is 0. The Hall–Kier alpha value is -4.77. The number of hydrogen-bond acceptors (Lipinski definition) is 18. The molecule has 4 bridgehead atoms. The van der Waals surface area contributed by atoms with E-state index in [-0.39, 0.29) is 99.1 Å². The molecule has 4 saturated carbocycles. The molecule has 0 radical (unpaired) electrons. The van der Waals surface area contributed by atoms with Gasteiger partial charge in [-0.2, -0.15) is 0 Å². The van der Waals surface area contributed by atoms with Gasteiger partial charge in [-0.1, -0.05) is 117 Å². The van der Waals surface area contributed by atoms with Crippen LogP contribution >= 0.6 is 0 Å². The molecular weight excluding hydrogens is 1120 g/mol. The molecule has 0 aromatic carbocycles. The van der Waals surface area contributed by atoms with E-state index >= 15 is 0 Å². The van der Waals surface area contributed by atoms with Crippen LogP contribution in [0.25, 0.3) is 0 Å². The monoisotopic (exact) mass is 1230 g/mol. The summed E-state index contributed by atoms with van der Waals surface area (Å²) in [5, 5.41) is 0. The first-order chi connectivity index (χ1) is 40.9. The minimum absolute atomic E-state index is 0.00926. The molecule has 0 aromatic rings.